The van der Waals surface area contributed by atoms with Crippen LogP contribution in [0, 0.1) is 11.3 Å². The van der Waals surface area contributed by atoms with Crippen LogP contribution in [0.3, 0.4) is 0 Å². The third-order valence-electron chi connectivity index (χ3n) is 5.46. The smallest absolute Gasteiger partial charge is 0.268 e. The van der Waals surface area contributed by atoms with Crippen molar-refractivity contribution >= 4 is 28.4 Å². The van der Waals surface area contributed by atoms with E-state index in [0.717, 1.165) is 5.56 Å². The average molecular weight is 470 g/mol. The SMILES string of the molecule is C=C(C#N)C(=O)N(CCn1nc(-c2ccc(OC)c(OC)c2)c2c(N)ncnc21)c1ccccc1. The Hall–Kier alpha value is -4.91. The van der Waals surface area contributed by atoms with E-state index in [1.54, 1.807) is 43.2 Å². The number of nitrogens with zero attached hydrogens (tertiary/aromatic N) is 6. The van der Waals surface area contributed by atoms with Gasteiger partial charge in [-0.3, -0.25) is 4.79 Å². The van der Waals surface area contributed by atoms with Gasteiger partial charge in [-0.15, -0.1) is 0 Å². The van der Waals surface area contributed by atoms with E-state index in [0.29, 0.717) is 33.9 Å². The molecular weight excluding hydrogens is 446 g/mol. The van der Waals surface area contributed by atoms with Crippen LogP contribution in [0.1, 0.15) is 0 Å². The van der Waals surface area contributed by atoms with Crippen LogP contribution < -0.4 is 20.1 Å². The Bertz CT molecular complexity index is 1440. The first-order chi connectivity index (χ1) is 17.0. The van der Waals surface area contributed by atoms with E-state index >= 15 is 0 Å². The zero-order valence-electron chi connectivity index (χ0n) is 19.3. The number of hydrogen-bond donors (Lipinski definition) is 1. The Morgan fingerprint density at radius 3 is 2.57 bits per heavy atom. The molecule has 2 heterocycles. The largest absolute Gasteiger partial charge is 0.493 e. The predicted molar refractivity (Wildman–Crippen MR) is 132 cm³/mol. The van der Waals surface area contributed by atoms with Gasteiger partial charge in [-0.25, -0.2) is 14.6 Å². The van der Waals surface area contributed by atoms with Crippen molar-refractivity contribution in [2.24, 2.45) is 0 Å². The molecule has 0 aliphatic rings. The molecule has 0 aliphatic carbocycles. The maximum atomic E-state index is 12.9. The van der Waals surface area contributed by atoms with Gasteiger partial charge in [-0.1, -0.05) is 24.8 Å². The second-order valence-electron chi connectivity index (χ2n) is 7.48. The topological polar surface area (TPSA) is 132 Å². The van der Waals surface area contributed by atoms with Crippen LogP contribution in [-0.2, 0) is 11.3 Å². The van der Waals surface area contributed by atoms with Gasteiger partial charge in [0.25, 0.3) is 5.91 Å². The minimum absolute atomic E-state index is 0.156. The van der Waals surface area contributed by atoms with Crippen molar-refractivity contribution in [2.75, 3.05) is 31.4 Å². The first kappa shape index (κ1) is 23.3. The van der Waals surface area contributed by atoms with E-state index in [2.05, 4.69) is 16.5 Å². The lowest BCUT2D eigenvalue weighted by Gasteiger charge is -2.22. The fourth-order valence-electron chi connectivity index (χ4n) is 3.73. The van der Waals surface area contributed by atoms with Gasteiger partial charge < -0.3 is 20.1 Å². The maximum Gasteiger partial charge on any atom is 0.268 e. The van der Waals surface area contributed by atoms with E-state index in [1.165, 1.54) is 11.2 Å². The third-order valence-corrected chi connectivity index (χ3v) is 5.46. The average Bonchev–Trinajstić information content (AvgIpc) is 3.28. The molecule has 0 bridgehead atoms. The number of anilines is 2. The molecule has 176 valence electrons. The molecule has 0 saturated carbocycles. The highest BCUT2D eigenvalue weighted by atomic mass is 16.5. The molecule has 0 unspecified atom stereocenters. The number of fused-ring (bicyclic) bond motifs is 1. The highest BCUT2D eigenvalue weighted by Gasteiger charge is 2.22. The van der Waals surface area contributed by atoms with Crippen molar-refractivity contribution < 1.29 is 14.3 Å². The molecule has 10 nitrogen and oxygen atoms in total. The number of carbonyl (C=O) groups is 1. The van der Waals surface area contributed by atoms with Crippen LogP contribution in [0.5, 0.6) is 11.5 Å². The molecule has 2 N–H and O–H groups in total. The van der Waals surface area contributed by atoms with Crippen LogP contribution in [0.4, 0.5) is 11.5 Å². The number of methoxy groups -OCH3 is 2. The Balaban J connectivity index is 1.75. The molecule has 0 radical (unpaired) electrons. The van der Waals surface area contributed by atoms with E-state index < -0.39 is 5.91 Å². The summed E-state index contributed by atoms with van der Waals surface area (Å²) in [6, 6.07) is 16.3. The molecular formula is C25H23N7O3. The predicted octanol–water partition coefficient (Wildman–Crippen LogP) is 3.21. The number of aromatic nitrogens is 4. The highest BCUT2D eigenvalue weighted by molar-refractivity contribution is 6.07. The molecule has 4 rings (SSSR count). The van der Waals surface area contributed by atoms with Gasteiger partial charge in [0.2, 0.25) is 0 Å². The molecule has 0 atom stereocenters. The molecule has 1 amide bonds. The summed E-state index contributed by atoms with van der Waals surface area (Å²) in [4.78, 5) is 22.9. The third kappa shape index (κ3) is 4.47. The molecule has 35 heavy (non-hydrogen) atoms. The number of hydrogen-bond acceptors (Lipinski definition) is 8. The maximum absolute atomic E-state index is 12.9. The summed E-state index contributed by atoms with van der Waals surface area (Å²) in [5, 5.41) is 14.5. The van der Waals surface area contributed by atoms with Crippen molar-refractivity contribution in [3.05, 3.63) is 67.0 Å². The first-order valence-corrected chi connectivity index (χ1v) is 10.6. The number of nitriles is 1. The summed E-state index contributed by atoms with van der Waals surface area (Å²) in [7, 11) is 3.12. The van der Waals surface area contributed by atoms with Gasteiger partial charge in [0.1, 0.15) is 29.5 Å². The monoisotopic (exact) mass is 469 g/mol. The van der Waals surface area contributed by atoms with E-state index in [4.69, 9.17) is 20.3 Å². The minimum atomic E-state index is -0.482. The lowest BCUT2D eigenvalue weighted by Crippen LogP contribution is -2.34. The summed E-state index contributed by atoms with van der Waals surface area (Å²) in [5.41, 5.74) is 8.52. The molecule has 0 saturated heterocycles. The van der Waals surface area contributed by atoms with Gasteiger partial charge >= 0.3 is 0 Å². The van der Waals surface area contributed by atoms with E-state index in [1.807, 2.05) is 30.3 Å². The highest BCUT2D eigenvalue weighted by Crippen LogP contribution is 2.36. The summed E-state index contributed by atoms with van der Waals surface area (Å²) >= 11 is 0. The summed E-state index contributed by atoms with van der Waals surface area (Å²) in [6.07, 6.45) is 1.37. The van der Waals surface area contributed by atoms with Crippen molar-refractivity contribution in [1.82, 2.24) is 19.7 Å². The van der Waals surface area contributed by atoms with Crippen LogP contribution in [0.2, 0.25) is 0 Å². The second kappa shape index (κ2) is 9.93. The van der Waals surface area contributed by atoms with Crippen LogP contribution >= 0.6 is 0 Å². The van der Waals surface area contributed by atoms with Crippen molar-refractivity contribution in [3.63, 3.8) is 0 Å². The van der Waals surface area contributed by atoms with Gasteiger partial charge in [0, 0.05) is 17.8 Å². The summed E-state index contributed by atoms with van der Waals surface area (Å²) in [6.45, 7) is 4.07. The molecule has 0 aliphatic heterocycles. The Kier molecular flexibility index (Phi) is 6.59. The number of amides is 1. The fourth-order valence-corrected chi connectivity index (χ4v) is 3.73. The van der Waals surface area contributed by atoms with Crippen molar-refractivity contribution in [1.29, 1.82) is 5.26 Å². The summed E-state index contributed by atoms with van der Waals surface area (Å²) < 4.78 is 12.4. The number of para-hydroxylation sites is 1. The minimum Gasteiger partial charge on any atom is -0.493 e. The Morgan fingerprint density at radius 1 is 1.14 bits per heavy atom. The van der Waals surface area contributed by atoms with Gasteiger partial charge in [-0.2, -0.15) is 10.4 Å². The normalized spacial score (nSPS) is 10.5. The fraction of sp³-hybridized carbons (Fsp3) is 0.160. The molecule has 0 fully saturated rings. The first-order valence-electron chi connectivity index (χ1n) is 10.6. The number of rotatable bonds is 8. The molecule has 10 heteroatoms. The van der Waals surface area contributed by atoms with E-state index in [9.17, 15) is 10.1 Å². The van der Waals surface area contributed by atoms with Gasteiger partial charge in [-0.05, 0) is 30.3 Å². The lowest BCUT2D eigenvalue weighted by molar-refractivity contribution is -0.114. The number of nitrogens with two attached hydrogens (primary N) is 1. The van der Waals surface area contributed by atoms with Gasteiger partial charge in [0.05, 0.1) is 26.2 Å². The zero-order valence-corrected chi connectivity index (χ0v) is 19.3. The number of nitrogen functional groups attached to an aromatic ring is 1. The standard InChI is InChI=1S/C25H23N7O3/c1-16(14-26)25(33)31(18-7-5-4-6-8-18)11-12-32-24-21(23(27)28-15-29-24)22(30-32)17-9-10-19(34-2)20(13-17)35-3/h4-10,13,15H,1,11-12H2,2-3H3,(H2,27,28,29). The number of ether oxygens (including phenoxy) is 2. The Labute approximate surface area is 201 Å². The molecule has 0 spiro atoms. The summed E-state index contributed by atoms with van der Waals surface area (Å²) in [5.74, 6) is 0.919. The molecule has 4 aromatic rings. The number of benzene rings is 2. The van der Waals surface area contributed by atoms with E-state index in [-0.39, 0.29) is 24.5 Å². The van der Waals surface area contributed by atoms with Crippen molar-refractivity contribution in [2.45, 2.75) is 6.54 Å². The van der Waals surface area contributed by atoms with Crippen LogP contribution in [0.15, 0.2) is 67.0 Å². The second-order valence-corrected chi connectivity index (χ2v) is 7.48. The van der Waals surface area contributed by atoms with Crippen molar-refractivity contribution in [3.8, 4) is 28.8 Å². The zero-order chi connectivity index (χ0) is 24.9. The van der Waals surface area contributed by atoms with Crippen LogP contribution in [0.25, 0.3) is 22.3 Å². The molecule has 2 aromatic carbocycles. The lowest BCUT2D eigenvalue weighted by atomic mass is 10.1. The molecule has 2 aromatic heterocycles. The van der Waals surface area contributed by atoms with Gasteiger partial charge in [0.15, 0.2) is 17.1 Å². The quantitative estimate of drug-likeness (QED) is 0.307. The van der Waals surface area contributed by atoms with Crippen LogP contribution in [-0.4, -0.2) is 46.4 Å². The Morgan fingerprint density at radius 2 is 1.89 bits per heavy atom. The number of carbonyl (C=O) groups excluding carboxylic acids is 1.